The molecule has 1 N–H and O–H groups in total. The number of carbonyl (C=O) groups is 1. The molecule has 4 heteroatoms. The third-order valence-corrected chi connectivity index (χ3v) is 3.29. The van der Waals surface area contributed by atoms with Gasteiger partial charge < -0.3 is 10.0 Å². The predicted octanol–water partition coefficient (Wildman–Crippen LogP) is 0.712. The number of carbonyl (C=O) groups excluding carboxylic acids is 1. The van der Waals surface area contributed by atoms with Crippen molar-refractivity contribution in [2.75, 3.05) is 26.2 Å². The number of rotatable bonds is 3. The first kappa shape index (κ1) is 13.1. The number of aliphatic hydroxyl groups excluding tert-OH is 1. The van der Waals surface area contributed by atoms with Gasteiger partial charge in [-0.05, 0) is 12.5 Å². The smallest absolute Gasteiger partial charge is 0.251 e. The fourth-order valence-corrected chi connectivity index (χ4v) is 2.23. The predicted molar refractivity (Wildman–Crippen MR) is 70.0 cm³/mol. The van der Waals surface area contributed by atoms with Crippen LogP contribution >= 0.6 is 0 Å². The van der Waals surface area contributed by atoms with Crippen molar-refractivity contribution < 1.29 is 9.90 Å². The summed E-state index contributed by atoms with van der Waals surface area (Å²) < 4.78 is 0. The number of amides is 1. The minimum Gasteiger partial charge on any atom is -0.384 e. The van der Waals surface area contributed by atoms with Crippen molar-refractivity contribution in [3.05, 3.63) is 35.9 Å². The molecule has 0 spiro atoms. The van der Waals surface area contributed by atoms with E-state index in [9.17, 15) is 9.90 Å². The molecule has 1 aliphatic rings. The second kappa shape index (κ2) is 5.98. The second-order valence-corrected chi connectivity index (χ2v) is 4.76. The van der Waals surface area contributed by atoms with Gasteiger partial charge in [-0.15, -0.1) is 0 Å². The van der Waals surface area contributed by atoms with Crippen LogP contribution in [-0.2, 0) is 11.3 Å². The molecule has 0 saturated carbocycles. The molecule has 0 bridgehead atoms. The Morgan fingerprint density at radius 2 is 1.83 bits per heavy atom. The van der Waals surface area contributed by atoms with E-state index in [2.05, 4.69) is 17.0 Å². The molecule has 1 aromatic carbocycles. The molecule has 0 radical (unpaired) electrons. The Bertz CT molecular complexity index is 384. The SMILES string of the molecule is C[C@@H](O)C(=O)N1CCN(Cc2ccccc2)CC1. The van der Waals surface area contributed by atoms with Crippen molar-refractivity contribution in [2.45, 2.75) is 19.6 Å². The lowest BCUT2D eigenvalue weighted by atomic mass is 10.2. The first-order chi connectivity index (χ1) is 8.66. The Balaban J connectivity index is 1.82. The highest BCUT2D eigenvalue weighted by atomic mass is 16.3. The van der Waals surface area contributed by atoms with Gasteiger partial charge in [0.1, 0.15) is 6.10 Å². The zero-order valence-corrected chi connectivity index (χ0v) is 10.7. The maximum absolute atomic E-state index is 11.6. The van der Waals surface area contributed by atoms with Gasteiger partial charge in [0.05, 0.1) is 0 Å². The zero-order chi connectivity index (χ0) is 13.0. The number of hydrogen-bond donors (Lipinski definition) is 1. The highest BCUT2D eigenvalue weighted by molar-refractivity contribution is 5.80. The molecule has 0 unspecified atom stereocenters. The molecule has 98 valence electrons. The van der Waals surface area contributed by atoms with Crippen molar-refractivity contribution in [2.24, 2.45) is 0 Å². The summed E-state index contributed by atoms with van der Waals surface area (Å²) >= 11 is 0. The fourth-order valence-electron chi connectivity index (χ4n) is 2.23. The number of nitrogens with zero attached hydrogens (tertiary/aromatic N) is 2. The van der Waals surface area contributed by atoms with Crippen molar-refractivity contribution in [1.82, 2.24) is 9.80 Å². The normalized spacial score (nSPS) is 18.7. The standard InChI is InChI=1S/C14H20N2O2/c1-12(17)14(18)16-9-7-15(8-10-16)11-13-5-3-2-4-6-13/h2-6,12,17H,7-11H2,1H3/t12-/m1/s1. The van der Waals surface area contributed by atoms with Crippen molar-refractivity contribution in [3.8, 4) is 0 Å². The van der Waals surface area contributed by atoms with Crippen molar-refractivity contribution in [1.29, 1.82) is 0 Å². The van der Waals surface area contributed by atoms with E-state index < -0.39 is 6.10 Å². The van der Waals surface area contributed by atoms with Crippen LogP contribution in [0.1, 0.15) is 12.5 Å². The molecule has 2 rings (SSSR count). The van der Waals surface area contributed by atoms with Crippen molar-refractivity contribution >= 4 is 5.91 Å². The molecule has 1 fully saturated rings. The van der Waals surface area contributed by atoms with E-state index in [0.29, 0.717) is 13.1 Å². The summed E-state index contributed by atoms with van der Waals surface area (Å²) in [6.45, 7) is 5.60. The summed E-state index contributed by atoms with van der Waals surface area (Å²) in [6, 6.07) is 10.3. The van der Waals surface area contributed by atoms with E-state index in [1.165, 1.54) is 12.5 Å². The largest absolute Gasteiger partial charge is 0.384 e. The molecule has 4 nitrogen and oxygen atoms in total. The first-order valence-electron chi connectivity index (χ1n) is 6.40. The van der Waals surface area contributed by atoms with Crippen LogP contribution in [0, 0.1) is 0 Å². The van der Waals surface area contributed by atoms with E-state index in [0.717, 1.165) is 19.6 Å². The van der Waals surface area contributed by atoms with Gasteiger partial charge in [-0.25, -0.2) is 0 Å². The van der Waals surface area contributed by atoms with Crippen molar-refractivity contribution in [3.63, 3.8) is 0 Å². The third kappa shape index (κ3) is 3.31. The quantitative estimate of drug-likeness (QED) is 0.857. The lowest BCUT2D eigenvalue weighted by Gasteiger charge is -2.35. The van der Waals surface area contributed by atoms with Crippen LogP contribution in [-0.4, -0.2) is 53.1 Å². The van der Waals surface area contributed by atoms with Gasteiger partial charge in [-0.2, -0.15) is 0 Å². The van der Waals surface area contributed by atoms with Gasteiger partial charge in [0, 0.05) is 32.7 Å². The molecule has 1 heterocycles. The van der Waals surface area contributed by atoms with E-state index in [1.807, 2.05) is 18.2 Å². The number of piperazine rings is 1. The van der Waals surface area contributed by atoms with Gasteiger partial charge >= 0.3 is 0 Å². The zero-order valence-electron chi connectivity index (χ0n) is 10.7. The van der Waals surface area contributed by atoms with Crippen LogP contribution in [0.25, 0.3) is 0 Å². The number of benzene rings is 1. The second-order valence-electron chi connectivity index (χ2n) is 4.76. The van der Waals surface area contributed by atoms with E-state index in [1.54, 1.807) is 4.90 Å². The van der Waals surface area contributed by atoms with Crippen LogP contribution in [0.5, 0.6) is 0 Å². The molecule has 1 aliphatic heterocycles. The average Bonchev–Trinajstić information content (AvgIpc) is 2.40. The van der Waals surface area contributed by atoms with E-state index in [4.69, 9.17) is 0 Å². The lowest BCUT2D eigenvalue weighted by molar-refractivity contribution is -0.141. The molecular formula is C14H20N2O2. The first-order valence-corrected chi connectivity index (χ1v) is 6.40. The summed E-state index contributed by atoms with van der Waals surface area (Å²) in [4.78, 5) is 15.7. The fraction of sp³-hybridized carbons (Fsp3) is 0.500. The molecule has 1 aromatic rings. The van der Waals surface area contributed by atoms with Crippen LogP contribution in [0.4, 0.5) is 0 Å². The van der Waals surface area contributed by atoms with Gasteiger partial charge in [0.2, 0.25) is 0 Å². The summed E-state index contributed by atoms with van der Waals surface area (Å²) in [6.07, 6.45) is -0.884. The highest BCUT2D eigenvalue weighted by Gasteiger charge is 2.23. The Kier molecular flexibility index (Phi) is 4.33. The molecule has 1 atom stereocenters. The van der Waals surface area contributed by atoms with Crippen LogP contribution in [0.2, 0.25) is 0 Å². The summed E-state index contributed by atoms with van der Waals surface area (Å²) in [5, 5.41) is 9.27. The molecule has 0 aromatic heterocycles. The Labute approximate surface area is 108 Å². The minimum atomic E-state index is -0.884. The Hall–Kier alpha value is -1.39. The number of hydrogen-bond acceptors (Lipinski definition) is 3. The average molecular weight is 248 g/mol. The van der Waals surface area contributed by atoms with Crippen LogP contribution < -0.4 is 0 Å². The van der Waals surface area contributed by atoms with Crippen LogP contribution in [0.15, 0.2) is 30.3 Å². The Morgan fingerprint density at radius 3 is 2.39 bits per heavy atom. The molecule has 18 heavy (non-hydrogen) atoms. The van der Waals surface area contributed by atoms with E-state index >= 15 is 0 Å². The summed E-state index contributed by atoms with van der Waals surface area (Å²) in [7, 11) is 0. The minimum absolute atomic E-state index is 0.158. The monoisotopic (exact) mass is 248 g/mol. The maximum Gasteiger partial charge on any atom is 0.251 e. The third-order valence-electron chi connectivity index (χ3n) is 3.29. The van der Waals surface area contributed by atoms with Crippen LogP contribution in [0.3, 0.4) is 0 Å². The summed E-state index contributed by atoms with van der Waals surface area (Å²) in [5.74, 6) is -0.158. The Morgan fingerprint density at radius 1 is 1.22 bits per heavy atom. The molecule has 1 amide bonds. The highest BCUT2D eigenvalue weighted by Crippen LogP contribution is 2.09. The summed E-state index contributed by atoms with van der Waals surface area (Å²) in [5.41, 5.74) is 1.30. The molecular weight excluding hydrogens is 228 g/mol. The molecule has 1 saturated heterocycles. The molecule has 0 aliphatic carbocycles. The van der Waals surface area contributed by atoms with Gasteiger partial charge in [0.25, 0.3) is 5.91 Å². The van der Waals surface area contributed by atoms with Gasteiger partial charge in [-0.1, -0.05) is 30.3 Å². The van der Waals surface area contributed by atoms with Gasteiger partial charge in [0.15, 0.2) is 0 Å². The maximum atomic E-state index is 11.6. The number of aliphatic hydroxyl groups is 1. The van der Waals surface area contributed by atoms with Gasteiger partial charge in [-0.3, -0.25) is 9.69 Å². The van der Waals surface area contributed by atoms with E-state index in [-0.39, 0.29) is 5.91 Å². The lowest BCUT2D eigenvalue weighted by Crippen LogP contribution is -2.50. The topological polar surface area (TPSA) is 43.8 Å².